The summed E-state index contributed by atoms with van der Waals surface area (Å²) in [6.07, 6.45) is 8.10. The molecule has 0 N–H and O–H groups in total. The molecule has 0 spiro atoms. The molecule has 0 aliphatic heterocycles. The van der Waals surface area contributed by atoms with E-state index in [9.17, 15) is 0 Å². The van der Waals surface area contributed by atoms with Crippen molar-refractivity contribution in [3.05, 3.63) is 76.0 Å². The van der Waals surface area contributed by atoms with Gasteiger partial charge in [-0.05, 0) is 41.6 Å². The third kappa shape index (κ3) is 3.84. The molecule has 0 radical (unpaired) electrons. The lowest BCUT2D eigenvalue weighted by atomic mass is 10.2. The molecule has 2 heterocycles. The number of imidazole rings is 1. The molecule has 0 unspecified atom stereocenters. The fourth-order valence-electron chi connectivity index (χ4n) is 2.10. The van der Waals surface area contributed by atoms with Gasteiger partial charge in [-0.15, -0.1) is 23.7 Å². The van der Waals surface area contributed by atoms with Gasteiger partial charge in [-0.25, -0.2) is 4.98 Å². The first-order chi connectivity index (χ1) is 9.83. The Morgan fingerprint density at radius 1 is 1.14 bits per heavy atom. The van der Waals surface area contributed by atoms with Crippen LogP contribution < -0.4 is 0 Å². The van der Waals surface area contributed by atoms with E-state index in [1.165, 1.54) is 16.0 Å². The first-order valence-corrected chi connectivity index (χ1v) is 7.48. The van der Waals surface area contributed by atoms with Gasteiger partial charge >= 0.3 is 0 Å². The van der Waals surface area contributed by atoms with Gasteiger partial charge in [-0.2, -0.15) is 0 Å². The molecule has 1 aromatic carbocycles. The number of hydrogen-bond donors (Lipinski definition) is 0. The average molecular weight is 317 g/mol. The minimum Gasteiger partial charge on any atom is -0.327 e. The van der Waals surface area contributed by atoms with Crippen molar-refractivity contribution in [3.63, 3.8) is 0 Å². The molecule has 2 aromatic heterocycles. The zero-order valence-corrected chi connectivity index (χ0v) is 13.4. The SMILES string of the molecule is Cc1ccsc1C=Cc1nccn1Cc1ccccc1.Cl. The fourth-order valence-corrected chi connectivity index (χ4v) is 2.92. The van der Waals surface area contributed by atoms with Crippen molar-refractivity contribution in [2.45, 2.75) is 13.5 Å². The molecule has 21 heavy (non-hydrogen) atoms. The lowest BCUT2D eigenvalue weighted by Gasteiger charge is -2.05. The van der Waals surface area contributed by atoms with Crippen LogP contribution in [0.4, 0.5) is 0 Å². The van der Waals surface area contributed by atoms with Crippen LogP contribution in [-0.2, 0) is 6.54 Å². The van der Waals surface area contributed by atoms with Gasteiger partial charge in [0.2, 0.25) is 0 Å². The third-order valence-corrected chi connectivity index (χ3v) is 4.21. The number of aryl methyl sites for hydroxylation is 1. The van der Waals surface area contributed by atoms with E-state index in [4.69, 9.17) is 0 Å². The normalized spacial score (nSPS) is 10.7. The number of benzene rings is 1. The second-order valence-corrected chi connectivity index (χ2v) is 5.65. The number of hydrogen-bond acceptors (Lipinski definition) is 2. The number of nitrogens with zero attached hydrogens (tertiary/aromatic N) is 2. The zero-order valence-electron chi connectivity index (χ0n) is 11.8. The van der Waals surface area contributed by atoms with Crippen LogP contribution in [0, 0.1) is 6.92 Å². The maximum atomic E-state index is 4.42. The Bertz CT molecular complexity index is 713. The molecule has 0 atom stereocenters. The molecule has 3 rings (SSSR count). The van der Waals surface area contributed by atoms with E-state index in [1.807, 2.05) is 18.5 Å². The largest absolute Gasteiger partial charge is 0.327 e. The summed E-state index contributed by atoms with van der Waals surface area (Å²) < 4.78 is 2.16. The van der Waals surface area contributed by atoms with Gasteiger partial charge in [-0.1, -0.05) is 30.3 Å². The number of aromatic nitrogens is 2. The van der Waals surface area contributed by atoms with E-state index in [0.29, 0.717) is 0 Å². The van der Waals surface area contributed by atoms with Gasteiger partial charge in [0.05, 0.1) is 0 Å². The monoisotopic (exact) mass is 316 g/mol. The van der Waals surface area contributed by atoms with E-state index in [1.54, 1.807) is 11.3 Å². The molecule has 4 heteroatoms. The number of halogens is 1. The summed E-state index contributed by atoms with van der Waals surface area (Å²) in [6, 6.07) is 12.6. The van der Waals surface area contributed by atoms with Crippen LogP contribution in [0.5, 0.6) is 0 Å². The topological polar surface area (TPSA) is 17.8 Å². The number of thiophene rings is 1. The summed E-state index contributed by atoms with van der Waals surface area (Å²) in [5.74, 6) is 0.988. The van der Waals surface area contributed by atoms with Crippen molar-refractivity contribution in [1.82, 2.24) is 9.55 Å². The molecule has 3 aromatic rings. The second-order valence-electron chi connectivity index (χ2n) is 4.70. The minimum atomic E-state index is 0. The predicted molar refractivity (Wildman–Crippen MR) is 93.0 cm³/mol. The highest BCUT2D eigenvalue weighted by molar-refractivity contribution is 7.11. The molecular weight excluding hydrogens is 300 g/mol. The molecule has 0 fully saturated rings. The number of rotatable bonds is 4. The average Bonchev–Trinajstić information content (AvgIpc) is 3.07. The minimum absolute atomic E-state index is 0. The van der Waals surface area contributed by atoms with Crippen molar-refractivity contribution in [2.75, 3.05) is 0 Å². The van der Waals surface area contributed by atoms with E-state index >= 15 is 0 Å². The van der Waals surface area contributed by atoms with Crippen LogP contribution in [0.15, 0.2) is 54.2 Å². The maximum absolute atomic E-state index is 4.42. The molecule has 0 bridgehead atoms. The first kappa shape index (κ1) is 15.5. The maximum Gasteiger partial charge on any atom is 0.132 e. The van der Waals surface area contributed by atoms with Gasteiger partial charge in [0.1, 0.15) is 5.82 Å². The molecule has 108 valence electrons. The van der Waals surface area contributed by atoms with Gasteiger partial charge in [-0.3, -0.25) is 0 Å². The lowest BCUT2D eigenvalue weighted by Crippen LogP contribution is -2.00. The van der Waals surface area contributed by atoms with Crippen molar-refractivity contribution in [1.29, 1.82) is 0 Å². The summed E-state index contributed by atoms with van der Waals surface area (Å²) in [7, 11) is 0. The molecule has 0 saturated carbocycles. The summed E-state index contributed by atoms with van der Waals surface area (Å²) in [6.45, 7) is 2.98. The van der Waals surface area contributed by atoms with E-state index in [0.717, 1.165) is 12.4 Å². The van der Waals surface area contributed by atoms with Crippen molar-refractivity contribution in [3.8, 4) is 0 Å². The molecule has 0 amide bonds. The Kier molecular flexibility index (Phi) is 5.37. The van der Waals surface area contributed by atoms with Crippen LogP contribution in [0.25, 0.3) is 12.2 Å². The first-order valence-electron chi connectivity index (χ1n) is 6.60. The highest BCUT2D eigenvalue weighted by atomic mass is 35.5. The van der Waals surface area contributed by atoms with E-state index in [2.05, 4.69) is 64.3 Å². The Balaban J connectivity index is 0.00000161. The van der Waals surface area contributed by atoms with E-state index in [-0.39, 0.29) is 12.4 Å². The Morgan fingerprint density at radius 2 is 1.95 bits per heavy atom. The van der Waals surface area contributed by atoms with E-state index < -0.39 is 0 Å². The summed E-state index contributed by atoms with van der Waals surface area (Å²) in [5, 5.41) is 2.12. The third-order valence-electron chi connectivity index (χ3n) is 3.23. The second kappa shape index (κ2) is 7.25. The smallest absolute Gasteiger partial charge is 0.132 e. The fraction of sp³-hybridized carbons (Fsp3) is 0.118. The Labute approximate surface area is 135 Å². The van der Waals surface area contributed by atoms with Crippen molar-refractivity contribution in [2.24, 2.45) is 0 Å². The quantitative estimate of drug-likeness (QED) is 0.670. The Morgan fingerprint density at radius 3 is 2.67 bits per heavy atom. The lowest BCUT2D eigenvalue weighted by molar-refractivity contribution is 0.787. The summed E-state index contributed by atoms with van der Waals surface area (Å²) in [5.41, 5.74) is 2.60. The molecule has 0 aliphatic rings. The zero-order chi connectivity index (χ0) is 13.8. The molecule has 0 saturated heterocycles. The van der Waals surface area contributed by atoms with Gasteiger partial charge in [0.15, 0.2) is 0 Å². The highest BCUT2D eigenvalue weighted by Gasteiger charge is 2.01. The molecular formula is C17H17ClN2S. The van der Waals surface area contributed by atoms with Crippen molar-refractivity contribution >= 4 is 35.9 Å². The van der Waals surface area contributed by atoms with Crippen LogP contribution in [-0.4, -0.2) is 9.55 Å². The van der Waals surface area contributed by atoms with Crippen molar-refractivity contribution < 1.29 is 0 Å². The van der Waals surface area contributed by atoms with Gasteiger partial charge in [0.25, 0.3) is 0 Å². The van der Waals surface area contributed by atoms with Gasteiger partial charge in [0, 0.05) is 23.8 Å². The molecule has 2 nitrogen and oxygen atoms in total. The van der Waals surface area contributed by atoms with Gasteiger partial charge < -0.3 is 4.57 Å². The summed E-state index contributed by atoms with van der Waals surface area (Å²) in [4.78, 5) is 5.71. The Hall–Kier alpha value is -1.84. The molecule has 0 aliphatic carbocycles. The van der Waals surface area contributed by atoms with Crippen LogP contribution in [0.3, 0.4) is 0 Å². The van der Waals surface area contributed by atoms with Crippen LogP contribution in [0.2, 0.25) is 0 Å². The van der Waals surface area contributed by atoms with Crippen LogP contribution in [0.1, 0.15) is 21.8 Å². The standard InChI is InChI=1S/C17H16N2S.ClH/c1-14-9-12-20-16(14)7-8-17-18-10-11-19(17)13-15-5-3-2-4-6-15;/h2-12H,13H2,1H3;1H. The highest BCUT2D eigenvalue weighted by Crippen LogP contribution is 2.18. The predicted octanol–water partition coefficient (Wildman–Crippen LogP) is 4.89. The summed E-state index contributed by atoms with van der Waals surface area (Å²) >= 11 is 1.76. The van der Waals surface area contributed by atoms with Crippen LogP contribution >= 0.6 is 23.7 Å².